The molecule has 1 aliphatic heterocycles. The van der Waals surface area contributed by atoms with Gasteiger partial charge in [0.25, 0.3) is 0 Å². The highest BCUT2D eigenvalue weighted by atomic mass is 16.6. The largest absolute Gasteiger partial charge is 0.459 e. The van der Waals surface area contributed by atoms with E-state index < -0.39 is 0 Å². The molecular formula is C8H10O3. The van der Waals surface area contributed by atoms with Crippen molar-refractivity contribution in [2.24, 2.45) is 17.8 Å². The average molecular weight is 154 g/mol. The van der Waals surface area contributed by atoms with Crippen LogP contribution in [0.4, 0.5) is 0 Å². The number of aliphatic hydroxyl groups excluding tert-OH is 1. The summed E-state index contributed by atoms with van der Waals surface area (Å²) < 4.78 is 5.06. The van der Waals surface area contributed by atoms with E-state index in [4.69, 9.17) is 4.74 Å². The number of rotatable bonds is 0. The maximum atomic E-state index is 11.1. The van der Waals surface area contributed by atoms with Crippen LogP contribution in [0.5, 0.6) is 0 Å². The first-order chi connectivity index (χ1) is 5.27. The molecule has 60 valence electrons. The summed E-state index contributed by atoms with van der Waals surface area (Å²) in [5, 5.41) is 9.55. The number of ether oxygens (including phenoxy) is 1. The number of hydrogen-bond acceptors (Lipinski definition) is 3. The molecule has 0 radical (unpaired) electrons. The van der Waals surface area contributed by atoms with Crippen LogP contribution in [0, 0.1) is 17.8 Å². The minimum Gasteiger partial charge on any atom is -0.459 e. The molecule has 2 aliphatic carbocycles. The first-order valence-corrected chi connectivity index (χ1v) is 4.16. The Kier molecular flexibility index (Phi) is 0.876. The number of aliphatic hydroxyl groups is 1. The van der Waals surface area contributed by atoms with Gasteiger partial charge in [0.15, 0.2) is 0 Å². The Morgan fingerprint density at radius 1 is 1.45 bits per heavy atom. The predicted octanol–water partition coefficient (Wildman–Crippen LogP) is -0.0713. The highest BCUT2D eigenvalue weighted by Gasteiger charge is 2.61. The third kappa shape index (κ3) is 0.527. The second-order valence-electron chi connectivity index (χ2n) is 3.89. The summed E-state index contributed by atoms with van der Waals surface area (Å²) in [6.07, 6.45) is 1.36. The maximum absolute atomic E-state index is 11.1. The van der Waals surface area contributed by atoms with Crippen molar-refractivity contribution < 1.29 is 14.6 Å². The van der Waals surface area contributed by atoms with Crippen LogP contribution in [0.2, 0.25) is 0 Å². The third-order valence-corrected chi connectivity index (χ3v) is 3.44. The van der Waals surface area contributed by atoms with Crippen LogP contribution in [0.3, 0.4) is 0 Å². The fraction of sp³-hybridized carbons (Fsp3) is 0.875. The van der Waals surface area contributed by atoms with Gasteiger partial charge in [-0.3, -0.25) is 4.79 Å². The molecule has 3 rings (SSSR count). The van der Waals surface area contributed by atoms with Crippen LogP contribution in [-0.2, 0) is 9.53 Å². The Morgan fingerprint density at radius 2 is 2.27 bits per heavy atom. The van der Waals surface area contributed by atoms with Crippen molar-refractivity contribution in [2.75, 3.05) is 0 Å². The molecule has 0 aromatic heterocycles. The molecule has 3 heteroatoms. The van der Waals surface area contributed by atoms with Gasteiger partial charge in [-0.1, -0.05) is 0 Å². The fourth-order valence-corrected chi connectivity index (χ4v) is 2.92. The van der Waals surface area contributed by atoms with Crippen molar-refractivity contribution in [3.8, 4) is 0 Å². The van der Waals surface area contributed by atoms with Gasteiger partial charge in [-0.15, -0.1) is 0 Å². The van der Waals surface area contributed by atoms with Gasteiger partial charge in [-0.25, -0.2) is 0 Å². The van der Waals surface area contributed by atoms with Crippen molar-refractivity contribution in [1.29, 1.82) is 0 Å². The van der Waals surface area contributed by atoms with Crippen LogP contribution in [0.1, 0.15) is 12.8 Å². The van der Waals surface area contributed by atoms with E-state index in [-0.39, 0.29) is 24.1 Å². The lowest BCUT2D eigenvalue weighted by molar-refractivity contribution is -0.145. The molecule has 0 aromatic rings. The van der Waals surface area contributed by atoms with E-state index in [1.807, 2.05) is 0 Å². The molecule has 5 atom stereocenters. The van der Waals surface area contributed by atoms with Crippen molar-refractivity contribution >= 4 is 5.97 Å². The Morgan fingerprint density at radius 3 is 2.91 bits per heavy atom. The molecule has 3 fully saturated rings. The standard InChI is InChI=1S/C8H10O3/c9-6-3-1-4-5(2-3)8(10)11-7(4)6/h3-7,9H,1-2H2/t3-,4-,5+,6-,7+/m0/s1. The topological polar surface area (TPSA) is 46.5 Å². The quantitative estimate of drug-likeness (QED) is 0.497. The van der Waals surface area contributed by atoms with Gasteiger partial charge in [0.1, 0.15) is 6.10 Å². The molecule has 3 nitrogen and oxygen atoms in total. The zero-order valence-corrected chi connectivity index (χ0v) is 6.06. The minimum atomic E-state index is -0.359. The zero-order valence-electron chi connectivity index (χ0n) is 6.06. The Labute approximate surface area is 64.3 Å². The van der Waals surface area contributed by atoms with E-state index in [1.165, 1.54) is 0 Å². The van der Waals surface area contributed by atoms with Gasteiger partial charge >= 0.3 is 5.97 Å². The van der Waals surface area contributed by atoms with Gasteiger partial charge in [0.2, 0.25) is 0 Å². The van der Waals surface area contributed by atoms with E-state index in [9.17, 15) is 9.90 Å². The summed E-state index contributed by atoms with van der Waals surface area (Å²) in [5.74, 6) is 0.761. The van der Waals surface area contributed by atoms with Gasteiger partial charge in [0.05, 0.1) is 12.0 Å². The average Bonchev–Trinajstić information content (AvgIpc) is 2.53. The highest BCUT2D eigenvalue weighted by Crippen LogP contribution is 2.54. The molecular weight excluding hydrogens is 144 g/mol. The van der Waals surface area contributed by atoms with Gasteiger partial charge in [-0.2, -0.15) is 0 Å². The molecule has 0 unspecified atom stereocenters. The molecule has 1 N–H and O–H groups in total. The molecule has 0 spiro atoms. The van der Waals surface area contributed by atoms with Gasteiger partial charge < -0.3 is 9.84 Å². The molecule has 3 aliphatic rings. The highest BCUT2D eigenvalue weighted by molar-refractivity contribution is 5.76. The number of carbonyl (C=O) groups excluding carboxylic acids is 1. The summed E-state index contributed by atoms with van der Waals surface area (Å²) in [6.45, 7) is 0. The molecule has 1 saturated heterocycles. The second kappa shape index (κ2) is 1.61. The normalized spacial score (nSPS) is 58.6. The molecule has 2 saturated carbocycles. The Bertz CT molecular complexity index is 225. The van der Waals surface area contributed by atoms with Crippen molar-refractivity contribution in [3.63, 3.8) is 0 Å². The lowest BCUT2D eigenvalue weighted by Crippen LogP contribution is -2.31. The molecule has 0 aromatic carbocycles. The number of carbonyl (C=O) groups is 1. The zero-order chi connectivity index (χ0) is 7.59. The van der Waals surface area contributed by atoms with E-state index in [0.29, 0.717) is 11.8 Å². The fourth-order valence-electron chi connectivity index (χ4n) is 2.92. The minimum absolute atomic E-state index is 0.0703. The van der Waals surface area contributed by atoms with Crippen LogP contribution < -0.4 is 0 Å². The number of fused-ring (bicyclic) bond motifs is 1. The lowest BCUT2D eigenvalue weighted by atomic mass is 9.88. The monoisotopic (exact) mass is 154 g/mol. The summed E-state index contributed by atoms with van der Waals surface area (Å²) in [5.41, 5.74) is 0. The SMILES string of the molecule is O=C1O[C@H]2[C@@H](O)[C@H]3C[C@H]2[C@H]1C3. The second-order valence-corrected chi connectivity index (χ2v) is 3.89. The van der Waals surface area contributed by atoms with Crippen molar-refractivity contribution in [3.05, 3.63) is 0 Å². The van der Waals surface area contributed by atoms with Crippen LogP contribution >= 0.6 is 0 Å². The summed E-state index contributed by atoms with van der Waals surface area (Å²) in [7, 11) is 0. The Hall–Kier alpha value is -0.570. The first kappa shape index (κ1) is 6.00. The van der Waals surface area contributed by atoms with Crippen LogP contribution in [-0.4, -0.2) is 23.3 Å². The summed E-state index contributed by atoms with van der Waals surface area (Å²) in [6, 6.07) is 0. The number of hydrogen-bond donors (Lipinski definition) is 1. The van der Waals surface area contributed by atoms with Gasteiger partial charge in [-0.05, 0) is 18.8 Å². The molecule has 0 amide bonds. The predicted molar refractivity (Wildman–Crippen MR) is 35.6 cm³/mol. The van der Waals surface area contributed by atoms with E-state index in [0.717, 1.165) is 12.8 Å². The van der Waals surface area contributed by atoms with E-state index in [2.05, 4.69) is 0 Å². The molecule has 1 heterocycles. The lowest BCUT2D eigenvalue weighted by Gasteiger charge is -2.19. The first-order valence-electron chi connectivity index (χ1n) is 4.16. The van der Waals surface area contributed by atoms with Crippen LogP contribution in [0.25, 0.3) is 0 Å². The smallest absolute Gasteiger partial charge is 0.309 e. The summed E-state index contributed by atoms with van der Waals surface area (Å²) in [4.78, 5) is 11.1. The molecule has 2 bridgehead atoms. The molecule has 11 heavy (non-hydrogen) atoms. The van der Waals surface area contributed by atoms with Crippen molar-refractivity contribution in [1.82, 2.24) is 0 Å². The van der Waals surface area contributed by atoms with E-state index >= 15 is 0 Å². The maximum Gasteiger partial charge on any atom is 0.309 e. The van der Waals surface area contributed by atoms with Gasteiger partial charge in [0, 0.05) is 5.92 Å². The number of esters is 1. The summed E-state index contributed by atoms with van der Waals surface area (Å²) >= 11 is 0. The Balaban J connectivity index is 2.04. The third-order valence-electron chi connectivity index (χ3n) is 3.44. The van der Waals surface area contributed by atoms with E-state index in [1.54, 1.807) is 0 Å². The van der Waals surface area contributed by atoms with Crippen molar-refractivity contribution in [2.45, 2.75) is 25.0 Å². The van der Waals surface area contributed by atoms with Crippen LogP contribution in [0.15, 0.2) is 0 Å².